The summed E-state index contributed by atoms with van der Waals surface area (Å²) in [6.45, 7) is 0.253. The molecule has 2 rings (SSSR count). The average molecular weight is 304 g/mol. The third-order valence-electron chi connectivity index (χ3n) is 3.00. The van der Waals surface area contributed by atoms with E-state index in [1.54, 1.807) is 36.4 Å². The highest BCUT2D eigenvalue weighted by Crippen LogP contribution is 2.20. The Morgan fingerprint density at radius 1 is 1.23 bits per heavy atom. The zero-order chi connectivity index (χ0) is 15.9. The summed E-state index contributed by atoms with van der Waals surface area (Å²) < 4.78 is 23.0. The van der Waals surface area contributed by atoms with Crippen molar-refractivity contribution in [2.75, 3.05) is 18.7 Å². The molecule has 116 valence electrons. The molecule has 5 nitrogen and oxygen atoms in total. The van der Waals surface area contributed by atoms with Crippen molar-refractivity contribution in [1.29, 1.82) is 0 Å². The Kier molecular flexibility index (Phi) is 5.32. The molecule has 0 bridgehead atoms. The summed E-state index contributed by atoms with van der Waals surface area (Å²) in [6, 6.07) is 13.1. The molecule has 2 N–H and O–H groups in total. The summed E-state index contributed by atoms with van der Waals surface area (Å²) in [5.74, 6) is 5.68. The third-order valence-corrected chi connectivity index (χ3v) is 3.00. The standard InChI is InChI=1S/C16H17FN2O3/c1-21-16(20)10-19(18)14-3-2-4-15(9-14)22-11-12-5-7-13(17)8-6-12/h2-9H,10-11,18H2,1H3. The number of ether oxygens (including phenoxy) is 2. The Balaban J connectivity index is 1.99. The highest BCUT2D eigenvalue weighted by Gasteiger charge is 2.09. The van der Waals surface area contributed by atoms with Crippen molar-refractivity contribution in [2.24, 2.45) is 5.84 Å². The van der Waals surface area contributed by atoms with Crippen LogP contribution in [0.25, 0.3) is 0 Å². The molecule has 0 spiro atoms. The van der Waals surface area contributed by atoms with Crippen LogP contribution in [-0.4, -0.2) is 19.6 Å². The number of carbonyl (C=O) groups is 1. The zero-order valence-corrected chi connectivity index (χ0v) is 12.2. The second-order valence-corrected chi connectivity index (χ2v) is 4.62. The largest absolute Gasteiger partial charge is 0.489 e. The van der Waals surface area contributed by atoms with E-state index in [1.165, 1.54) is 24.3 Å². The van der Waals surface area contributed by atoms with E-state index in [2.05, 4.69) is 4.74 Å². The molecule has 0 atom stereocenters. The number of hydrogen-bond acceptors (Lipinski definition) is 5. The number of benzene rings is 2. The van der Waals surface area contributed by atoms with Gasteiger partial charge in [-0.3, -0.25) is 9.80 Å². The van der Waals surface area contributed by atoms with Gasteiger partial charge in [0.05, 0.1) is 12.8 Å². The highest BCUT2D eigenvalue weighted by molar-refractivity contribution is 5.75. The van der Waals surface area contributed by atoms with Gasteiger partial charge in [0.1, 0.15) is 24.7 Å². The van der Waals surface area contributed by atoms with Crippen LogP contribution in [0.1, 0.15) is 5.56 Å². The molecule has 0 aliphatic heterocycles. The number of hydrogen-bond donors (Lipinski definition) is 1. The van der Waals surface area contributed by atoms with Gasteiger partial charge < -0.3 is 9.47 Å². The first-order valence-electron chi connectivity index (χ1n) is 6.65. The van der Waals surface area contributed by atoms with Crippen LogP contribution in [0.15, 0.2) is 48.5 Å². The van der Waals surface area contributed by atoms with Crippen LogP contribution in [0.5, 0.6) is 5.75 Å². The van der Waals surface area contributed by atoms with Gasteiger partial charge in [-0.2, -0.15) is 0 Å². The van der Waals surface area contributed by atoms with E-state index in [1.807, 2.05) is 0 Å². The summed E-state index contributed by atoms with van der Waals surface area (Å²) >= 11 is 0. The van der Waals surface area contributed by atoms with Gasteiger partial charge in [0.15, 0.2) is 0 Å². The predicted octanol–water partition coefficient (Wildman–Crippen LogP) is 2.26. The normalized spacial score (nSPS) is 10.1. The molecule has 0 saturated heterocycles. The fourth-order valence-corrected chi connectivity index (χ4v) is 1.79. The van der Waals surface area contributed by atoms with E-state index in [0.717, 1.165) is 5.56 Å². The predicted molar refractivity (Wildman–Crippen MR) is 80.7 cm³/mol. The Morgan fingerprint density at radius 3 is 2.64 bits per heavy atom. The third kappa shape index (κ3) is 4.46. The van der Waals surface area contributed by atoms with Crippen LogP contribution in [0.2, 0.25) is 0 Å². The topological polar surface area (TPSA) is 64.8 Å². The molecule has 0 aliphatic carbocycles. The fourth-order valence-electron chi connectivity index (χ4n) is 1.79. The summed E-state index contributed by atoms with van der Waals surface area (Å²) in [5, 5.41) is 1.27. The number of methoxy groups -OCH3 is 1. The Hall–Kier alpha value is -2.60. The van der Waals surface area contributed by atoms with Crippen LogP contribution in [0.3, 0.4) is 0 Å². The summed E-state index contributed by atoms with van der Waals surface area (Å²) in [5.41, 5.74) is 1.48. The molecule has 0 heterocycles. The molecule has 0 fully saturated rings. The second-order valence-electron chi connectivity index (χ2n) is 4.62. The second kappa shape index (κ2) is 7.42. The molecule has 0 aliphatic rings. The van der Waals surface area contributed by atoms with E-state index in [-0.39, 0.29) is 12.4 Å². The molecule has 0 radical (unpaired) electrons. The monoisotopic (exact) mass is 304 g/mol. The first kappa shape index (κ1) is 15.8. The minimum atomic E-state index is -0.430. The lowest BCUT2D eigenvalue weighted by Crippen LogP contribution is -2.36. The lowest BCUT2D eigenvalue weighted by Gasteiger charge is -2.18. The van der Waals surface area contributed by atoms with Gasteiger partial charge in [-0.25, -0.2) is 10.2 Å². The van der Waals surface area contributed by atoms with Crippen molar-refractivity contribution in [2.45, 2.75) is 6.61 Å². The minimum Gasteiger partial charge on any atom is -0.489 e. The van der Waals surface area contributed by atoms with Crippen LogP contribution in [0, 0.1) is 5.82 Å². The molecule has 0 saturated carbocycles. The molecule has 0 aromatic heterocycles. The first-order valence-corrected chi connectivity index (χ1v) is 6.65. The smallest absolute Gasteiger partial charge is 0.326 e. The van der Waals surface area contributed by atoms with E-state index >= 15 is 0 Å². The molecular formula is C16H17FN2O3. The number of carbonyl (C=O) groups excluding carboxylic acids is 1. The number of nitrogens with two attached hydrogens (primary N) is 1. The van der Waals surface area contributed by atoms with Crippen molar-refractivity contribution in [3.05, 3.63) is 59.9 Å². The molecule has 2 aromatic carbocycles. The van der Waals surface area contributed by atoms with Gasteiger partial charge in [-0.1, -0.05) is 18.2 Å². The number of anilines is 1. The highest BCUT2D eigenvalue weighted by atomic mass is 19.1. The summed E-state index contributed by atoms with van der Waals surface area (Å²) in [6.07, 6.45) is 0. The molecule has 0 amide bonds. The van der Waals surface area contributed by atoms with Crippen LogP contribution < -0.4 is 15.6 Å². The number of halogens is 1. The average Bonchev–Trinajstić information content (AvgIpc) is 2.54. The lowest BCUT2D eigenvalue weighted by molar-refractivity contribution is -0.138. The van der Waals surface area contributed by atoms with Gasteiger partial charge in [0.25, 0.3) is 0 Å². The SMILES string of the molecule is COC(=O)CN(N)c1cccc(OCc2ccc(F)cc2)c1. The summed E-state index contributed by atoms with van der Waals surface area (Å²) in [4.78, 5) is 11.2. The molecule has 0 unspecified atom stereocenters. The van der Waals surface area contributed by atoms with Crippen molar-refractivity contribution in [1.82, 2.24) is 0 Å². The first-order chi connectivity index (χ1) is 10.6. The minimum absolute atomic E-state index is 0.0576. The maximum atomic E-state index is 12.8. The molecule has 22 heavy (non-hydrogen) atoms. The van der Waals surface area contributed by atoms with Crippen molar-refractivity contribution >= 4 is 11.7 Å². The van der Waals surface area contributed by atoms with E-state index < -0.39 is 5.97 Å². The summed E-state index contributed by atoms with van der Waals surface area (Å²) in [7, 11) is 1.30. The van der Waals surface area contributed by atoms with Gasteiger partial charge in [-0.15, -0.1) is 0 Å². The van der Waals surface area contributed by atoms with Crippen molar-refractivity contribution in [3.63, 3.8) is 0 Å². The van der Waals surface area contributed by atoms with Gasteiger partial charge >= 0.3 is 5.97 Å². The van der Waals surface area contributed by atoms with E-state index in [0.29, 0.717) is 18.0 Å². The molecule has 6 heteroatoms. The van der Waals surface area contributed by atoms with Crippen molar-refractivity contribution in [3.8, 4) is 5.75 Å². The van der Waals surface area contributed by atoms with E-state index in [4.69, 9.17) is 10.6 Å². The fraction of sp³-hybridized carbons (Fsp3) is 0.188. The Morgan fingerprint density at radius 2 is 1.95 bits per heavy atom. The Bertz CT molecular complexity index is 632. The van der Waals surface area contributed by atoms with E-state index in [9.17, 15) is 9.18 Å². The maximum Gasteiger partial charge on any atom is 0.326 e. The molecule has 2 aromatic rings. The zero-order valence-electron chi connectivity index (χ0n) is 12.2. The Labute approximate surface area is 128 Å². The van der Waals surface area contributed by atoms with Gasteiger partial charge in [0.2, 0.25) is 0 Å². The lowest BCUT2D eigenvalue weighted by atomic mass is 10.2. The van der Waals surface area contributed by atoms with Gasteiger partial charge in [0, 0.05) is 6.07 Å². The van der Waals surface area contributed by atoms with Crippen molar-refractivity contribution < 1.29 is 18.7 Å². The van der Waals surface area contributed by atoms with Crippen LogP contribution in [-0.2, 0) is 16.1 Å². The quantitative estimate of drug-likeness (QED) is 0.504. The maximum absolute atomic E-state index is 12.8. The number of esters is 1. The van der Waals surface area contributed by atoms with Crippen LogP contribution >= 0.6 is 0 Å². The van der Waals surface area contributed by atoms with Gasteiger partial charge in [-0.05, 0) is 29.8 Å². The number of nitrogens with zero attached hydrogens (tertiary/aromatic N) is 1. The number of hydrazine groups is 1. The number of rotatable bonds is 6. The molecular weight excluding hydrogens is 287 g/mol. The van der Waals surface area contributed by atoms with Crippen LogP contribution in [0.4, 0.5) is 10.1 Å².